The summed E-state index contributed by atoms with van der Waals surface area (Å²) in [6, 6.07) is 16.2. The Morgan fingerprint density at radius 3 is 2.68 bits per heavy atom. The van der Waals surface area contributed by atoms with Crippen LogP contribution >= 0.6 is 0 Å². The van der Waals surface area contributed by atoms with Gasteiger partial charge in [-0.2, -0.15) is 0 Å². The Morgan fingerprint density at radius 1 is 1.11 bits per heavy atom. The summed E-state index contributed by atoms with van der Waals surface area (Å²) in [4.78, 5) is 0. The van der Waals surface area contributed by atoms with Gasteiger partial charge >= 0.3 is 0 Å². The summed E-state index contributed by atoms with van der Waals surface area (Å²) in [6.45, 7) is 5.96. The minimum absolute atomic E-state index is 0.557. The fourth-order valence-electron chi connectivity index (χ4n) is 3.57. The highest BCUT2D eigenvalue weighted by Gasteiger charge is 2.25. The van der Waals surface area contributed by atoms with Gasteiger partial charge in [0.2, 0.25) is 0 Å². The van der Waals surface area contributed by atoms with Crippen LogP contribution in [-0.4, -0.2) is 15.3 Å². The van der Waals surface area contributed by atoms with Gasteiger partial charge in [0, 0.05) is 26.4 Å². The largest absolute Gasteiger partial charge is 0.384 e. The molecule has 1 aliphatic rings. The molecule has 2 heteroatoms. The molecule has 0 saturated heterocycles. The molecule has 1 nitrogen and oxygen atoms in total. The summed E-state index contributed by atoms with van der Waals surface area (Å²) in [7, 11) is -0.557. The Morgan fingerprint density at radius 2 is 1.89 bits per heavy atom. The van der Waals surface area contributed by atoms with Crippen LogP contribution in [0.3, 0.4) is 0 Å². The lowest BCUT2D eigenvalue weighted by atomic mass is 9.97. The van der Waals surface area contributed by atoms with Gasteiger partial charge in [0.05, 0.1) is 0 Å². The highest BCUT2D eigenvalue weighted by Crippen LogP contribution is 2.36. The molecular weight excluding hydrogens is 246 g/mol. The Labute approximate surface area is 117 Å². The van der Waals surface area contributed by atoms with Crippen molar-refractivity contribution in [2.75, 3.05) is 11.9 Å². The molecular formula is C17H23NSi. The predicted molar refractivity (Wildman–Crippen MR) is 88.0 cm³/mol. The van der Waals surface area contributed by atoms with E-state index in [0.717, 1.165) is 5.54 Å². The first kappa shape index (κ1) is 12.7. The van der Waals surface area contributed by atoms with Crippen molar-refractivity contribution in [2.24, 2.45) is 0 Å². The SMILES string of the molecule is CC[SiH](CC)C1CNc2c(ccc3ccccc23)C1. The molecule has 3 rings (SSSR count). The third-order valence-electron chi connectivity index (χ3n) is 4.75. The molecule has 0 fully saturated rings. The molecule has 100 valence electrons. The average Bonchev–Trinajstić information content (AvgIpc) is 2.48. The van der Waals surface area contributed by atoms with Crippen LogP contribution in [0.25, 0.3) is 10.8 Å². The fourth-order valence-corrected chi connectivity index (χ4v) is 6.52. The molecule has 1 atom stereocenters. The predicted octanol–water partition coefficient (Wildman–Crippen LogP) is 4.44. The lowest BCUT2D eigenvalue weighted by molar-refractivity contribution is 0.798. The van der Waals surface area contributed by atoms with Crippen LogP contribution in [0.4, 0.5) is 5.69 Å². The lowest BCUT2D eigenvalue weighted by Crippen LogP contribution is -2.30. The second-order valence-electron chi connectivity index (χ2n) is 5.74. The summed E-state index contributed by atoms with van der Waals surface area (Å²) in [5.41, 5.74) is 3.87. The van der Waals surface area contributed by atoms with Crippen molar-refractivity contribution in [3.05, 3.63) is 42.0 Å². The number of fused-ring (bicyclic) bond motifs is 3. The number of hydrogen-bond acceptors (Lipinski definition) is 1. The van der Waals surface area contributed by atoms with Crippen LogP contribution < -0.4 is 5.32 Å². The van der Waals surface area contributed by atoms with Gasteiger partial charge in [-0.1, -0.05) is 62.3 Å². The van der Waals surface area contributed by atoms with Crippen molar-refractivity contribution in [3.8, 4) is 0 Å². The number of hydrogen-bond donors (Lipinski definition) is 1. The molecule has 19 heavy (non-hydrogen) atoms. The first-order valence-electron chi connectivity index (χ1n) is 7.58. The summed E-state index contributed by atoms with van der Waals surface area (Å²) in [5, 5.41) is 6.49. The van der Waals surface area contributed by atoms with E-state index in [-0.39, 0.29) is 0 Å². The third-order valence-corrected chi connectivity index (χ3v) is 8.66. The second kappa shape index (κ2) is 5.38. The Hall–Kier alpha value is -1.28. The van der Waals surface area contributed by atoms with E-state index in [9.17, 15) is 0 Å². The van der Waals surface area contributed by atoms with Gasteiger partial charge in [-0.05, 0) is 22.9 Å². The van der Waals surface area contributed by atoms with E-state index in [1.165, 1.54) is 47.1 Å². The van der Waals surface area contributed by atoms with Gasteiger partial charge in [0.25, 0.3) is 0 Å². The molecule has 2 aromatic carbocycles. The van der Waals surface area contributed by atoms with Crippen molar-refractivity contribution in [3.63, 3.8) is 0 Å². The van der Waals surface area contributed by atoms with Gasteiger partial charge in [-0.15, -0.1) is 0 Å². The number of benzene rings is 2. The van der Waals surface area contributed by atoms with Gasteiger partial charge in [0.1, 0.15) is 0 Å². The van der Waals surface area contributed by atoms with Crippen molar-refractivity contribution >= 4 is 25.3 Å². The highest BCUT2D eigenvalue weighted by molar-refractivity contribution is 6.60. The second-order valence-corrected chi connectivity index (χ2v) is 9.84. The molecule has 1 heterocycles. The molecule has 1 unspecified atom stereocenters. The zero-order chi connectivity index (χ0) is 13.2. The maximum atomic E-state index is 3.74. The third kappa shape index (κ3) is 2.30. The molecule has 0 aliphatic carbocycles. The van der Waals surface area contributed by atoms with E-state index in [1.807, 2.05) is 0 Å². The molecule has 0 saturated carbocycles. The number of nitrogens with one attached hydrogen (secondary N) is 1. The number of anilines is 1. The van der Waals surface area contributed by atoms with Crippen molar-refractivity contribution in [2.45, 2.75) is 37.9 Å². The summed E-state index contributed by atoms with van der Waals surface area (Å²) in [5.74, 6) is 0. The first-order valence-corrected chi connectivity index (χ1v) is 9.88. The maximum Gasteiger partial charge on any atom is 0.0452 e. The van der Waals surface area contributed by atoms with Crippen molar-refractivity contribution < 1.29 is 0 Å². The minimum Gasteiger partial charge on any atom is -0.384 e. The molecule has 1 N–H and O–H groups in total. The summed E-state index contributed by atoms with van der Waals surface area (Å²) >= 11 is 0. The van der Waals surface area contributed by atoms with Crippen LogP contribution in [0.5, 0.6) is 0 Å². The van der Waals surface area contributed by atoms with E-state index < -0.39 is 8.80 Å². The Kier molecular flexibility index (Phi) is 3.60. The van der Waals surface area contributed by atoms with Crippen LogP contribution in [-0.2, 0) is 6.42 Å². The van der Waals surface area contributed by atoms with Gasteiger partial charge in [0.15, 0.2) is 0 Å². The summed E-state index contributed by atoms with van der Waals surface area (Å²) in [6.07, 6.45) is 1.30. The smallest absolute Gasteiger partial charge is 0.0452 e. The van der Waals surface area contributed by atoms with E-state index >= 15 is 0 Å². The van der Waals surface area contributed by atoms with Crippen LogP contribution in [0.15, 0.2) is 36.4 Å². The van der Waals surface area contributed by atoms with E-state index in [2.05, 4.69) is 55.6 Å². The van der Waals surface area contributed by atoms with Crippen LogP contribution in [0.1, 0.15) is 19.4 Å². The van der Waals surface area contributed by atoms with Gasteiger partial charge < -0.3 is 5.32 Å². The molecule has 1 aliphatic heterocycles. The molecule has 0 spiro atoms. The molecule has 0 amide bonds. The quantitative estimate of drug-likeness (QED) is 0.812. The Bertz CT molecular complexity index is 574. The van der Waals surface area contributed by atoms with Gasteiger partial charge in [-0.25, -0.2) is 0 Å². The average molecular weight is 269 g/mol. The van der Waals surface area contributed by atoms with Crippen LogP contribution in [0.2, 0.25) is 17.6 Å². The fraction of sp³-hybridized carbons (Fsp3) is 0.412. The monoisotopic (exact) mass is 269 g/mol. The topological polar surface area (TPSA) is 12.0 Å². The standard InChI is InChI=1S/C17H23NSi/c1-3-19(4-2)15-11-14-10-9-13-7-5-6-8-16(13)17(14)18-12-15/h5-10,15,18-19H,3-4,11-12H2,1-2H3. The summed E-state index contributed by atoms with van der Waals surface area (Å²) < 4.78 is 0. The first-order chi connectivity index (χ1) is 9.33. The number of rotatable bonds is 3. The zero-order valence-corrected chi connectivity index (χ0v) is 13.1. The molecule has 0 bridgehead atoms. The molecule has 2 aromatic rings. The van der Waals surface area contributed by atoms with Gasteiger partial charge in [-0.3, -0.25) is 0 Å². The van der Waals surface area contributed by atoms with E-state index in [0.29, 0.717) is 0 Å². The van der Waals surface area contributed by atoms with Crippen molar-refractivity contribution in [1.82, 2.24) is 0 Å². The van der Waals surface area contributed by atoms with Crippen molar-refractivity contribution in [1.29, 1.82) is 0 Å². The Balaban J connectivity index is 1.96. The molecule has 0 radical (unpaired) electrons. The van der Waals surface area contributed by atoms with Crippen LogP contribution in [0, 0.1) is 0 Å². The maximum absolute atomic E-state index is 3.74. The normalized spacial score (nSPS) is 18.4. The zero-order valence-electron chi connectivity index (χ0n) is 11.9. The van der Waals surface area contributed by atoms with E-state index in [1.54, 1.807) is 0 Å². The molecule has 0 aromatic heterocycles. The lowest BCUT2D eigenvalue weighted by Gasteiger charge is -2.31. The van der Waals surface area contributed by atoms with E-state index in [4.69, 9.17) is 0 Å². The minimum atomic E-state index is -0.557. The highest BCUT2D eigenvalue weighted by atomic mass is 28.3.